The Hall–Kier alpha value is -3.17. The topological polar surface area (TPSA) is 113 Å². The number of carboxylic acids is 1. The van der Waals surface area contributed by atoms with Crippen molar-refractivity contribution in [3.8, 4) is 17.2 Å². The largest absolute Gasteiger partial charge is 0.481 e. The van der Waals surface area contributed by atoms with Crippen LogP contribution in [-0.4, -0.2) is 60.5 Å². The molecule has 3 aromatic rings. The molecule has 0 radical (unpaired) electrons. The van der Waals surface area contributed by atoms with E-state index in [9.17, 15) is 14.7 Å². The van der Waals surface area contributed by atoms with Gasteiger partial charge in [-0.25, -0.2) is 9.97 Å². The Bertz CT molecular complexity index is 1280. The normalized spacial score (nSPS) is 17.9. The molecule has 0 bridgehead atoms. The first kappa shape index (κ1) is 23.6. The van der Waals surface area contributed by atoms with Gasteiger partial charge in [-0.3, -0.25) is 14.2 Å². The zero-order valence-electron chi connectivity index (χ0n) is 18.8. The van der Waals surface area contributed by atoms with Crippen LogP contribution in [0.1, 0.15) is 31.4 Å². The Morgan fingerprint density at radius 2 is 1.94 bits per heavy atom. The smallest absolute Gasteiger partial charge is 0.309 e. The number of carbonyl (C=O) groups excluding carboxylic acids is 1. The summed E-state index contributed by atoms with van der Waals surface area (Å²) in [5, 5.41) is 13.6. The molecule has 3 heterocycles. The maximum absolute atomic E-state index is 12.5. The summed E-state index contributed by atoms with van der Waals surface area (Å²) >= 11 is 12.3. The van der Waals surface area contributed by atoms with E-state index in [-0.39, 0.29) is 24.3 Å². The van der Waals surface area contributed by atoms with E-state index in [1.54, 1.807) is 35.0 Å². The molecule has 11 heteroatoms. The molecule has 2 aliphatic rings. The molecule has 5 rings (SSSR count). The number of imidazole rings is 1. The van der Waals surface area contributed by atoms with Gasteiger partial charge in [-0.15, -0.1) is 0 Å². The molecule has 2 aromatic heterocycles. The molecule has 9 nitrogen and oxygen atoms in total. The molecular weight excluding hydrogens is 491 g/mol. The van der Waals surface area contributed by atoms with Crippen molar-refractivity contribution in [2.45, 2.75) is 38.1 Å². The van der Waals surface area contributed by atoms with Gasteiger partial charge in [0.15, 0.2) is 0 Å². The van der Waals surface area contributed by atoms with E-state index in [1.807, 2.05) is 4.90 Å². The Kier molecular flexibility index (Phi) is 6.62. The van der Waals surface area contributed by atoms with E-state index in [0.717, 1.165) is 32.2 Å². The number of piperidine rings is 1. The van der Waals surface area contributed by atoms with Crippen molar-refractivity contribution >= 4 is 41.0 Å². The number of rotatable bonds is 7. The van der Waals surface area contributed by atoms with Gasteiger partial charge in [-0.05, 0) is 49.9 Å². The number of hydrogen-bond acceptors (Lipinski definition) is 6. The highest BCUT2D eigenvalue weighted by Crippen LogP contribution is 2.32. The van der Waals surface area contributed by atoms with Gasteiger partial charge in [-0.1, -0.05) is 23.2 Å². The molecule has 1 saturated heterocycles. The van der Waals surface area contributed by atoms with Crippen molar-refractivity contribution in [3.63, 3.8) is 0 Å². The number of benzene rings is 1. The number of nitrogens with zero attached hydrogens (tertiary/aromatic N) is 5. The first-order valence-electron chi connectivity index (χ1n) is 11.5. The first-order chi connectivity index (χ1) is 16.9. The van der Waals surface area contributed by atoms with E-state index in [0.29, 0.717) is 45.4 Å². The van der Waals surface area contributed by atoms with Crippen LogP contribution in [-0.2, 0) is 16.0 Å². The summed E-state index contributed by atoms with van der Waals surface area (Å²) in [6.45, 7) is 1.40. The lowest BCUT2D eigenvalue weighted by Crippen LogP contribution is -2.45. The second kappa shape index (κ2) is 9.83. The summed E-state index contributed by atoms with van der Waals surface area (Å²) in [5.74, 6) is 0.823. The fraction of sp³-hybridized carbons (Fsp3) is 0.375. The Morgan fingerprint density at radius 3 is 2.69 bits per heavy atom. The molecule has 1 amide bonds. The van der Waals surface area contributed by atoms with Crippen LogP contribution in [0.5, 0.6) is 0 Å². The molecule has 182 valence electrons. The Morgan fingerprint density at radius 1 is 1.11 bits per heavy atom. The van der Waals surface area contributed by atoms with Gasteiger partial charge in [-0.2, -0.15) is 4.98 Å². The lowest BCUT2D eigenvalue weighted by Gasteiger charge is -2.33. The van der Waals surface area contributed by atoms with Crippen LogP contribution in [0, 0.1) is 5.92 Å². The van der Waals surface area contributed by atoms with Gasteiger partial charge >= 0.3 is 5.97 Å². The van der Waals surface area contributed by atoms with Crippen molar-refractivity contribution < 1.29 is 14.7 Å². The maximum Gasteiger partial charge on any atom is 0.309 e. The highest BCUT2D eigenvalue weighted by molar-refractivity contribution is 6.42. The fourth-order valence-electron chi connectivity index (χ4n) is 4.37. The number of amides is 1. The number of aliphatic carboxylic acids is 1. The van der Waals surface area contributed by atoms with Crippen LogP contribution in [0.25, 0.3) is 17.2 Å². The van der Waals surface area contributed by atoms with Crippen molar-refractivity contribution in [2.75, 3.05) is 18.4 Å². The van der Waals surface area contributed by atoms with Gasteiger partial charge in [0.1, 0.15) is 11.6 Å². The molecule has 1 saturated carbocycles. The third-order valence-corrected chi connectivity index (χ3v) is 6.95. The van der Waals surface area contributed by atoms with E-state index in [4.69, 9.17) is 23.2 Å². The van der Waals surface area contributed by atoms with Crippen LogP contribution >= 0.6 is 23.2 Å². The van der Waals surface area contributed by atoms with Crippen molar-refractivity contribution in [2.24, 2.45) is 5.92 Å². The SMILES string of the molecule is O=C(O)Cc1cnc(-c2ccc(Cl)c(Cl)c2)n1-c1ccnc(N[C@H]2CCCN(C(=O)C3CC3)C2)n1. The van der Waals surface area contributed by atoms with Gasteiger partial charge in [0.05, 0.1) is 22.2 Å². The Labute approximate surface area is 212 Å². The second-order valence-electron chi connectivity index (χ2n) is 8.89. The summed E-state index contributed by atoms with van der Waals surface area (Å²) in [6.07, 6.45) is 6.70. The van der Waals surface area contributed by atoms with Crippen LogP contribution in [0.15, 0.2) is 36.7 Å². The molecule has 0 unspecified atom stereocenters. The molecule has 35 heavy (non-hydrogen) atoms. The number of aromatic nitrogens is 4. The number of hydrogen-bond donors (Lipinski definition) is 2. The number of halogens is 2. The molecular formula is C24H24Cl2N6O3. The van der Waals surface area contributed by atoms with Crippen LogP contribution in [0.3, 0.4) is 0 Å². The summed E-state index contributed by atoms with van der Waals surface area (Å²) in [6, 6.07) is 6.85. The second-order valence-corrected chi connectivity index (χ2v) is 9.70. The van der Waals surface area contributed by atoms with Crippen molar-refractivity contribution in [1.29, 1.82) is 0 Å². The highest BCUT2D eigenvalue weighted by Gasteiger charge is 2.35. The zero-order chi connectivity index (χ0) is 24.5. The predicted octanol–water partition coefficient (Wildman–Crippen LogP) is 4.08. The zero-order valence-corrected chi connectivity index (χ0v) is 20.3. The quantitative estimate of drug-likeness (QED) is 0.488. The minimum absolute atomic E-state index is 0.0394. The van der Waals surface area contributed by atoms with Gasteiger partial charge in [0.2, 0.25) is 11.9 Å². The monoisotopic (exact) mass is 514 g/mol. The van der Waals surface area contributed by atoms with Crippen molar-refractivity contribution in [1.82, 2.24) is 24.4 Å². The first-order valence-corrected chi connectivity index (χ1v) is 12.3. The summed E-state index contributed by atoms with van der Waals surface area (Å²) in [7, 11) is 0. The molecule has 1 aliphatic heterocycles. The van der Waals surface area contributed by atoms with E-state index in [1.165, 1.54) is 6.20 Å². The lowest BCUT2D eigenvalue weighted by molar-refractivity contribution is -0.136. The number of carbonyl (C=O) groups is 2. The standard InChI is InChI=1S/C24H24Cl2N6O3/c25-18-6-5-15(10-19(18)26)22-28-12-17(11-21(33)34)32(22)20-7-8-27-24(30-20)29-16-2-1-9-31(13-16)23(35)14-3-4-14/h5-8,10,12,14,16H,1-4,9,11,13H2,(H,33,34)(H,27,29,30)/t16-/m0/s1. The Balaban J connectivity index is 1.44. The molecule has 1 aliphatic carbocycles. The van der Waals surface area contributed by atoms with Crippen LogP contribution in [0.2, 0.25) is 10.0 Å². The minimum atomic E-state index is -0.984. The van der Waals surface area contributed by atoms with Crippen LogP contribution < -0.4 is 5.32 Å². The number of carboxylic acid groups (broad SMARTS) is 1. The van der Waals surface area contributed by atoms with E-state index in [2.05, 4.69) is 20.3 Å². The molecule has 1 aromatic carbocycles. The van der Waals surface area contributed by atoms with Gasteiger partial charge in [0.25, 0.3) is 0 Å². The van der Waals surface area contributed by atoms with E-state index >= 15 is 0 Å². The summed E-state index contributed by atoms with van der Waals surface area (Å²) in [4.78, 5) is 39.4. The average Bonchev–Trinajstić information content (AvgIpc) is 3.61. The van der Waals surface area contributed by atoms with E-state index < -0.39 is 5.97 Å². The number of anilines is 1. The van der Waals surface area contributed by atoms with Crippen LogP contribution in [0.4, 0.5) is 5.95 Å². The van der Waals surface area contributed by atoms with Crippen molar-refractivity contribution in [3.05, 3.63) is 52.4 Å². The third-order valence-electron chi connectivity index (χ3n) is 6.21. The molecule has 2 N–H and O–H groups in total. The fourth-order valence-corrected chi connectivity index (χ4v) is 4.67. The minimum Gasteiger partial charge on any atom is -0.481 e. The average molecular weight is 515 g/mol. The molecule has 0 spiro atoms. The summed E-state index contributed by atoms with van der Waals surface area (Å²) < 4.78 is 1.68. The number of likely N-dealkylation sites (tertiary alicyclic amines) is 1. The number of nitrogens with one attached hydrogen (secondary N) is 1. The summed E-state index contributed by atoms with van der Waals surface area (Å²) in [5.41, 5.74) is 1.13. The highest BCUT2D eigenvalue weighted by atomic mass is 35.5. The molecule has 2 fully saturated rings. The lowest BCUT2D eigenvalue weighted by atomic mass is 10.1. The maximum atomic E-state index is 12.5. The third kappa shape index (κ3) is 5.26. The van der Waals surface area contributed by atoms with Gasteiger partial charge in [0, 0.05) is 43.0 Å². The predicted molar refractivity (Wildman–Crippen MR) is 132 cm³/mol. The molecule has 1 atom stereocenters. The van der Waals surface area contributed by atoms with Gasteiger partial charge < -0.3 is 15.3 Å².